The van der Waals surface area contributed by atoms with Crippen molar-refractivity contribution in [3.63, 3.8) is 0 Å². The first-order chi connectivity index (χ1) is 7.29. The Hall–Kier alpha value is -0.180. The van der Waals surface area contributed by atoms with Crippen LogP contribution in [-0.2, 0) is 0 Å². The molecule has 86 valence electrons. The summed E-state index contributed by atoms with van der Waals surface area (Å²) in [6.07, 6.45) is 11.3. The SMILES string of the molecule is CSC1CCC(N=C(N)C2CCCC2)C1. The topological polar surface area (TPSA) is 38.4 Å². The predicted molar refractivity (Wildman–Crippen MR) is 68.5 cm³/mol. The summed E-state index contributed by atoms with van der Waals surface area (Å²) in [5.74, 6) is 1.57. The molecule has 2 aliphatic rings. The highest BCUT2D eigenvalue weighted by atomic mass is 32.2. The van der Waals surface area contributed by atoms with Crippen LogP contribution in [0.3, 0.4) is 0 Å². The van der Waals surface area contributed by atoms with Crippen LogP contribution in [0.5, 0.6) is 0 Å². The molecule has 0 aromatic carbocycles. The number of hydrogen-bond donors (Lipinski definition) is 1. The van der Waals surface area contributed by atoms with Gasteiger partial charge < -0.3 is 5.73 Å². The molecule has 0 amide bonds. The summed E-state index contributed by atoms with van der Waals surface area (Å²) >= 11 is 1.99. The first-order valence-electron chi connectivity index (χ1n) is 6.15. The van der Waals surface area contributed by atoms with Crippen LogP contribution in [0.1, 0.15) is 44.9 Å². The van der Waals surface area contributed by atoms with E-state index >= 15 is 0 Å². The normalized spacial score (nSPS) is 33.8. The Kier molecular flexibility index (Phi) is 3.95. The lowest BCUT2D eigenvalue weighted by molar-refractivity contribution is 0.667. The van der Waals surface area contributed by atoms with Crippen LogP contribution < -0.4 is 5.73 Å². The zero-order valence-corrected chi connectivity index (χ0v) is 10.4. The predicted octanol–water partition coefficient (Wildman–Crippen LogP) is 2.82. The van der Waals surface area contributed by atoms with Gasteiger partial charge in [-0.15, -0.1) is 0 Å². The van der Waals surface area contributed by atoms with Gasteiger partial charge in [0.2, 0.25) is 0 Å². The van der Waals surface area contributed by atoms with Crippen molar-refractivity contribution in [3.05, 3.63) is 0 Å². The fourth-order valence-corrected chi connectivity index (χ4v) is 3.57. The molecule has 2 aliphatic carbocycles. The summed E-state index contributed by atoms with van der Waals surface area (Å²) in [7, 11) is 0. The maximum Gasteiger partial charge on any atom is 0.0971 e. The average Bonchev–Trinajstić information content (AvgIpc) is 2.87. The lowest BCUT2D eigenvalue weighted by Gasteiger charge is -2.11. The van der Waals surface area contributed by atoms with Crippen LogP contribution >= 0.6 is 11.8 Å². The zero-order chi connectivity index (χ0) is 10.7. The number of aliphatic imine (C=N–C) groups is 1. The van der Waals surface area contributed by atoms with Gasteiger partial charge in [-0.3, -0.25) is 4.99 Å². The molecule has 0 bridgehead atoms. The van der Waals surface area contributed by atoms with Crippen molar-refractivity contribution in [2.75, 3.05) is 6.26 Å². The van der Waals surface area contributed by atoms with E-state index in [2.05, 4.69) is 6.26 Å². The maximum absolute atomic E-state index is 6.09. The Bertz CT molecular complexity index is 234. The monoisotopic (exact) mass is 226 g/mol. The van der Waals surface area contributed by atoms with Gasteiger partial charge in [-0.25, -0.2) is 0 Å². The highest BCUT2D eigenvalue weighted by Crippen LogP contribution is 2.31. The van der Waals surface area contributed by atoms with E-state index < -0.39 is 0 Å². The lowest BCUT2D eigenvalue weighted by atomic mass is 10.1. The van der Waals surface area contributed by atoms with Crippen LogP contribution in [0.2, 0.25) is 0 Å². The maximum atomic E-state index is 6.09. The molecule has 3 heteroatoms. The van der Waals surface area contributed by atoms with Crippen molar-refractivity contribution >= 4 is 17.6 Å². The molecule has 2 rings (SSSR count). The second kappa shape index (κ2) is 5.24. The van der Waals surface area contributed by atoms with Gasteiger partial charge in [-0.05, 0) is 38.4 Å². The number of rotatable bonds is 3. The van der Waals surface area contributed by atoms with E-state index in [4.69, 9.17) is 10.7 Å². The van der Waals surface area contributed by atoms with Crippen LogP contribution in [0, 0.1) is 5.92 Å². The Morgan fingerprint density at radius 2 is 1.93 bits per heavy atom. The number of nitrogens with two attached hydrogens (primary N) is 1. The minimum atomic E-state index is 0.531. The average molecular weight is 226 g/mol. The van der Waals surface area contributed by atoms with Crippen LogP contribution in [-0.4, -0.2) is 23.4 Å². The van der Waals surface area contributed by atoms with Crippen molar-refractivity contribution < 1.29 is 0 Å². The van der Waals surface area contributed by atoms with Crippen molar-refractivity contribution in [2.24, 2.45) is 16.6 Å². The molecule has 2 N–H and O–H groups in total. The van der Waals surface area contributed by atoms with Crippen LogP contribution in [0.15, 0.2) is 4.99 Å². The molecule has 2 fully saturated rings. The van der Waals surface area contributed by atoms with Gasteiger partial charge in [0, 0.05) is 11.2 Å². The molecule has 0 aromatic heterocycles. The minimum Gasteiger partial charge on any atom is -0.387 e. The summed E-state index contributed by atoms with van der Waals surface area (Å²) in [6.45, 7) is 0. The molecule has 0 heterocycles. The third-order valence-corrected chi connectivity index (χ3v) is 4.89. The van der Waals surface area contributed by atoms with E-state index in [9.17, 15) is 0 Å². The number of hydrogen-bond acceptors (Lipinski definition) is 2. The van der Waals surface area contributed by atoms with Crippen molar-refractivity contribution in [3.8, 4) is 0 Å². The Balaban J connectivity index is 1.86. The lowest BCUT2D eigenvalue weighted by Crippen LogP contribution is -2.23. The Labute approximate surface area is 97.1 Å². The number of nitrogens with zero attached hydrogens (tertiary/aromatic N) is 1. The highest BCUT2D eigenvalue weighted by molar-refractivity contribution is 7.99. The third kappa shape index (κ3) is 2.90. The summed E-state index contributed by atoms with van der Waals surface area (Å²) in [4.78, 5) is 4.74. The first kappa shape index (κ1) is 11.3. The fraction of sp³-hybridized carbons (Fsp3) is 0.917. The van der Waals surface area contributed by atoms with Gasteiger partial charge in [0.05, 0.1) is 11.9 Å². The van der Waals surface area contributed by atoms with Gasteiger partial charge in [0.25, 0.3) is 0 Å². The quantitative estimate of drug-likeness (QED) is 0.593. The number of thioether (sulfide) groups is 1. The molecule has 0 spiro atoms. The van der Waals surface area contributed by atoms with E-state index in [1.54, 1.807) is 0 Å². The molecule has 2 atom stereocenters. The van der Waals surface area contributed by atoms with Crippen molar-refractivity contribution in [1.82, 2.24) is 0 Å². The van der Waals surface area contributed by atoms with Gasteiger partial charge in [-0.2, -0.15) is 11.8 Å². The Morgan fingerprint density at radius 1 is 1.20 bits per heavy atom. The van der Waals surface area contributed by atoms with Gasteiger partial charge in [0.15, 0.2) is 0 Å². The van der Waals surface area contributed by atoms with Gasteiger partial charge in [0.1, 0.15) is 0 Å². The smallest absolute Gasteiger partial charge is 0.0971 e. The summed E-state index contributed by atoms with van der Waals surface area (Å²) in [5.41, 5.74) is 6.09. The molecule has 0 radical (unpaired) electrons. The molecule has 2 unspecified atom stereocenters. The van der Waals surface area contributed by atoms with Crippen molar-refractivity contribution in [1.29, 1.82) is 0 Å². The summed E-state index contributed by atoms with van der Waals surface area (Å²) in [5, 5.41) is 0.829. The fourth-order valence-electron chi connectivity index (χ4n) is 2.79. The van der Waals surface area contributed by atoms with Crippen molar-refractivity contribution in [2.45, 2.75) is 56.2 Å². The molecular formula is C12H22N2S. The first-order valence-corrected chi connectivity index (χ1v) is 7.44. The van der Waals surface area contributed by atoms with E-state index in [0.29, 0.717) is 12.0 Å². The second-order valence-corrected chi connectivity index (χ2v) is 6.00. The van der Waals surface area contributed by atoms with E-state index in [1.165, 1.54) is 44.9 Å². The molecule has 2 nitrogen and oxygen atoms in total. The van der Waals surface area contributed by atoms with Gasteiger partial charge in [-0.1, -0.05) is 12.8 Å². The molecule has 0 saturated heterocycles. The number of amidine groups is 1. The molecule has 0 aromatic rings. The third-order valence-electron chi connectivity index (χ3n) is 3.80. The molecule has 2 saturated carbocycles. The standard InChI is InChI=1S/C12H22N2S/c1-15-11-7-6-10(8-11)14-12(13)9-4-2-3-5-9/h9-11H,2-8H2,1H3,(H2,13,14). The largest absolute Gasteiger partial charge is 0.387 e. The molecule has 0 aliphatic heterocycles. The zero-order valence-electron chi connectivity index (χ0n) is 9.61. The molecular weight excluding hydrogens is 204 g/mol. The van der Waals surface area contributed by atoms with Gasteiger partial charge >= 0.3 is 0 Å². The second-order valence-electron chi connectivity index (χ2n) is 4.86. The van der Waals surface area contributed by atoms with Crippen LogP contribution in [0.4, 0.5) is 0 Å². The van der Waals surface area contributed by atoms with E-state index in [-0.39, 0.29) is 0 Å². The van der Waals surface area contributed by atoms with E-state index in [0.717, 1.165) is 11.1 Å². The van der Waals surface area contributed by atoms with E-state index in [1.807, 2.05) is 11.8 Å². The Morgan fingerprint density at radius 3 is 2.53 bits per heavy atom. The highest BCUT2D eigenvalue weighted by Gasteiger charge is 2.25. The molecule has 15 heavy (non-hydrogen) atoms. The summed E-state index contributed by atoms with van der Waals surface area (Å²) < 4.78 is 0. The van der Waals surface area contributed by atoms with Crippen LogP contribution in [0.25, 0.3) is 0 Å². The summed E-state index contributed by atoms with van der Waals surface area (Å²) in [6, 6.07) is 0.531. The minimum absolute atomic E-state index is 0.531.